The molecule has 1 atom stereocenters. The number of amides is 1. The minimum Gasteiger partial charge on any atom is -0.497 e. The number of benzene rings is 1. The van der Waals surface area contributed by atoms with Crippen LogP contribution in [0.3, 0.4) is 0 Å². The summed E-state index contributed by atoms with van der Waals surface area (Å²) in [5, 5.41) is 2.79. The average molecular weight is 296 g/mol. The predicted octanol–water partition coefficient (Wildman–Crippen LogP) is 0.726. The number of rotatable bonds is 9. The van der Waals surface area contributed by atoms with Gasteiger partial charge in [-0.3, -0.25) is 4.79 Å². The first-order chi connectivity index (χ1) is 10.1. The summed E-state index contributed by atoms with van der Waals surface area (Å²) in [6, 6.07) is 5.45. The van der Waals surface area contributed by atoms with Crippen LogP contribution >= 0.6 is 0 Å². The summed E-state index contributed by atoms with van der Waals surface area (Å²) < 4.78 is 15.7. The second kappa shape index (κ2) is 9.20. The molecule has 1 unspecified atom stereocenters. The molecule has 0 radical (unpaired) electrons. The van der Waals surface area contributed by atoms with Crippen LogP contribution in [0.5, 0.6) is 11.5 Å². The van der Waals surface area contributed by atoms with Crippen LogP contribution in [0.1, 0.15) is 12.5 Å². The van der Waals surface area contributed by atoms with Crippen molar-refractivity contribution in [3.05, 3.63) is 23.8 Å². The zero-order chi connectivity index (χ0) is 15.7. The first-order valence-electron chi connectivity index (χ1n) is 6.88. The summed E-state index contributed by atoms with van der Waals surface area (Å²) in [5.41, 5.74) is 6.53. The molecule has 1 rings (SSSR count). The topological polar surface area (TPSA) is 82.8 Å². The molecule has 0 aliphatic rings. The van der Waals surface area contributed by atoms with Gasteiger partial charge in [-0.1, -0.05) is 6.07 Å². The van der Waals surface area contributed by atoms with Gasteiger partial charge in [-0.25, -0.2) is 0 Å². The van der Waals surface area contributed by atoms with Crippen molar-refractivity contribution in [2.24, 2.45) is 5.73 Å². The highest BCUT2D eigenvalue weighted by Crippen LogP contribution is 2.25. The molecule has 0 aliphatic carbocycles. The first kappa shape index (κ1) is 17.3. The summed E-state index contributed by atoms with van der Waals surface area (Å²) in [6.07, 6.45) is 0.682. The van der Waals surface area contributed by atoms with Gasteiger partial charge in [0.15, 0.2) is 6.61 Å². The van der Waals surface area contributed by atoms with E-state index in [1.54, 1.807) is 20.3 Å². The van der Waals surface area contributed by atoms with E-state index in [1.807, 2.05) is 19.1 Å². The Labute approximate surface area is 125 Å². The Bertz CT molecular complexity index is 451. The van der Waals surface area contributed by atoms with Crippen LogP contribution in [0.4, 0.5) is 0 Å². The molecule has 0 spiro atoms. The van der Waals surface area contributed by atoms with Crippen molar-refractivity contribution in [2.75, 3.05) is 34.0 Å². The largest absolute Gasteiger partial charge is 0.497 e. The van der Waals surface area contributed by atoms with Gasteiger partial charge in [0.2, 0.25) is 0 Å². The van der Waals surface area contributed by atoms with Crippen LogP contribution in [0.2, 0.25) is 0 Å². The van der Waals surface area contributed by atoms with Gasteiger partial charge in [-0.2, -0.15) is 0 Å². The maximum atomic E-state index is 11.8. The highest BCUT2D eigenvalue weighted by molar-refractivity contribution is 5.77. The van der Waals surface area contributed by atoms with Crippen LogP contribution in [0.25, 0.3) is 0 Å². The molecule has 21 heavy (non-hydrogen) atoms. The summed E-state index contributed by atoms with van der Waals surface area (Å²) in [6.45, 7) is 2.79. The molecule has 1 aromatic carbocycles. The molecule has 0 saturated carbocycles. The second-order valence-corrected chi connectivity index (χ2v) is 4.72. The van der Waals surface area contributed by atoms with Crippen molar-refractivity contribution < 1.29 is 19.0 Å². The van der Waals surface area contributed by atoms with Crippen molar-refractivity contribution in [2.45, 2.75) is 19.4 Å². The third-order valence-electron chi connectivity index (χ3n) is 2.87. The zero-order valence-electron chi connectivity index (χ0n) is 12.8. The third-order valence-corrected chi connectivity index (χ3v) is 2.87. The molecule has 0 fully saturated rings. The number of methoxy groups -OCH3 is 2. The van der Waals surface area contributed by atoms with Crippen LogP contribution < -0.4 is 20.5 Å². The van der Waals surface area contributed by atoms with E-state index in [0.717, 1.165) is 5.56 Å². The number of carbonyl (C=O) groups excluding carboxylic acids is 1. The molecular weight excluding hydrogens is 272 g/mol. The first-order valence-corrected chi connectivity index (χ1v) is 6.88. The number of hydrogen-bond acceptors (Lipinski definition) is 5. The van der Waals surface area contributed by atoms with E-state index in [4.69, 9.17) is 19.9 Å². The maximum absolute atomic E-state index is 11.8. The Morgan fingerprint density at radius 3 is 2.76 bits per heavy atom. The number of carbonyl (C=O) groups is 1. The second-order valence-electron chi connectivity index (χ2n) is 4.72. The highest BCUT2D eigenvalue weighted by atomic mass is 16.5. The van der Waals surface area contributed by atoms with Crippen molar-refractivity contribution >= 4 is 5.91 Å². The third kappa shape index (κ3) is 6.01. The summed E-state index contributed by atoms with van der Waals surface area (Å²) in [4.78, 5) is 11.8. The fourth-order valence-corrected chi connectivity index (χ4v) is 1.91. The van der Waals surface area contributed by atoms with Gasteiger partial charge in [-0.05, 0) is 31.5 Å². The van der Waals surface area contributed by atoms with Gasteiger partial charge < -0.3 is 25.3 Å². The Morgan fingerprint density at radius 2 is 2.14 bits per heavy atom. The maximum Gasteiger partial charge on any atom is 0.258 e. The van der Waals surface area contributed by atoms with E-state index in [2.05, 4.69) is 5.32 Å². The lowest BCUT2D eigenvalue weighted by Crippen LogP contribution is -2.38. The quantitative estimate of drug-likeness (QED) is 0.702. The lowest BCUT2D eigenvalue weighted by molar-refractivity contribution is -0.124. The minimum atomic E-state index is -0.193. The molecule has 0 aromatic heterocycles. The number of nitrogens with one attached hydrogen (secondary N) is 1. The Balaban J connectivity index is 2.62. The van der Waals surface area contributed by atoms with Gasteiger partial charge in [-0.15, -0.1) is 0 Å². The van der Waals surface area contributed by atoms with Gasteiger partial charge in [0, 0.05) is 19.2 Å². The van der Waals surface area contributed by atoms with Crippen LogP contribution in [0, 0.1) is 0 Å². The lowest BCUT2D eigenvalue weighted by Gasteiger charge is -2.15. The average Bonchev–Trinajstić information content (AvgIpc) is 2.46. The Morgan fingerprint density at radius 1 is 1.38 bits per heavy atom. The van der Waals surface area contributed by atoms with Crippen LogP contribution in [-0.4, -0.2) is 45.9 Å². The zero-order valence-corrected chi connectivity index (χ0v) is 12.8. The minimum absolute atomic E-state index is 0.0556. The smallest absolute Gasteiger partial charge is 0.258 e. The Kier molecular flexibility index (Phi) is 7.56. The van der Waals surface area contributed by atoms with E-state index in [0.29, 0.717) is 31.1 Å². The molecular formula is C15H24N2O4. The van der Waals surface area contributed by atoms with Gasteiger partial charge in [0.05, 0.1) is 13.7 Å². The number of hydrogen-bond donors (Lipinski definition) is 2. The number of nitrogens with two attached hydrogens (primary N) is 1. The molecule has 1 amide bonds. The van der Waals surface area contributed by atoms with E-state index < -0.39 is 0 Å². The van der Waals surface area contributed by atoms with Crippen LogP contribution in [-0.2, 0) is 16.0 Å². The van der Waals surface area contributed by atoms with Crippen molar-refractivity contribution in [3.63, 3.8) is 0 Å². The van der Waals surface area contributed by atoms with Crippen molar-refractivity contribution in [3.8, 4) is 11.5 Å². The van der Waals surface area contributed by atoms with Crippen molar-refractivity contribution in [1.29, 1.82) is 0 Å². The standard InChI is InChI=1S/C15H24N2O4/c1-11(9-19-2)17-15(18)10-21-14-8-13(20-3)5-4-12(14)6-7-16/h4-5,8,11H,6-7,9-10,16H2,1-3H3,(H,17,18). The van der Waals surface area contributed by atoms with Crippen molar-refractivity contribution in [1.82, 2.24) is 5.32 Å². The van der Waals surface area contributed by atoms with E-state index in [1.165, 1.54) is 0 Å². The Hall–Kier alpha value is -1.79. The molecule has 6 heteroatoms. The summed E-state index contributed by atoms with van der Waals surface area (Å²) in [5.74, 6) is 1.11. The van der Waals surface area contributed by atoms with Crippen LogP contribution in [0.15, 0.2) is 18.2 Å². The van der Waals surface area contributed by atoms with E-state index >= 15 is 0 Å². The normalized spacial score (nSPS) is 11.8. The predicted molar refractivity (Wildman–Crippen MR) is 80.7 cm³/mol. The SMILES string of the molecule is COCC(C)NC(=O)COc1cc(OC)ccc1CCN. The summed E-state index contributed by atoms with van der Waals surface area (Å²) in [7, 11) is 3.18. The molecule has 3 N–H and O–H groups in total. The van der Waals surface area contributed by atoms with Gasteiger partial charge >= 0.3 is 0 Å². The molecule has 0 saturated heterocycles. The highest BCUT2D eigenvalue weighted by Gasteiger charge is 2.10. The fraction of sp³-hybridized carbons (Fsp3) is 0.533. The lowest BCUT2D eigenvalue weighted by atomic mass is 10.1. The number of ether oxygens (including phenoxy) is 3. The molecule has 6 nitrogen and oxygen atoms in total. The fourth-order valence-electron chi connectivity index (χ4n) is 1.91. The van der Waals surface area contributed by atoms with Gasteiger partial charge in [0.25, 0.3) is 5.91 Å². The van der Waals surface area contributed by atoms with Gasteiger partial charge in [0.1, 0.15) is 11.5 Å². The molecule has 118 valence electrons. The van der Waals surface area contributed by atoms with E-state index in [-0.39, 0.29) is 18.6 Å². The molecule has 0 heterocycles. The molecule has 0 aliphatic heterocycles. The van der Waals surface area contributed by atoms with E-state index in [9.17, 15) is 4.79 Å². The summed E-state index contributed by atoms with van der Waals surface area (Å²) >= 11 is 0. The monoisotopic (exact) mass is 296 g/mol. The molecule has 0 bridgehead atoms. The molecule has 1 aromatic rings.